The van der Waals surface area contributed by atoms with Gasteiger partial charge in [0.1, 0.15) is 17.6 Å². The fraction of sp³-hybridized carbons (Fsp3) is 0.538. The molecule has 1 heterocycles. The van der Waals surface area contributed by atoms with E-state index in [1.165, 1.54) is 12.5 Å². The number of hydrogen-bond donors (Lipinski definition) is 5. The maximum Gasteiger partial charge on any atom is 0.153 e. The molecule has 8 nitrogen and oxygen atoms in total. The number of aliphatic hydroxyl groups excluding tert-OH is 3. The van der Waals surface area contributed by atoms with Crippen LogP contribution < -0.4 is 11.5 Å². The molecule has 0 bridgehead atoms. The molecule has 0 amide bonds. The highest BCUT2D eigenvalue weighted by Crippen LogP contribution is 2.41. The van der Waals surface area contributed by atoms with Crippen molar-refractivity contribution in [2.24, 2.45) is 22.6 Å². The number of aromatic nitrogens is 2. The minimum Gasteiger partial charge on any atom is -0.396 e. The fourth-order valence-electron chi connectivity index (χ4n) is 2.99. The van der Waals surface area contributed by atoms with Crippen molar-refractivity contribution >= 4 is 11.7 Å². The number of nitrogen functional groups attached to an aromatic ring is 1. The summed E-state index contributed by atoms with van der Waals surface area (Å²) in [5.74, 6) is -0.225. The fourth-order valence-corrected chi connectivity index (χ4v) is 2.99. The molecule has 1 saturated carbocycles. The van der Waals surface area contributed by atoms with Crippen LogP contribution in [0.25, 0.3) is 0 Å². The summed E-state index contributed by atoms with van der Waals surface area (Å²) < 4.78 is 1.56. The van der Waals surface area contributed by atoms with Crippen LogP contribution in [0.2, 0.25) is 0 Å². The molecule has 0 aliphatic heterocycles. The summed E-state index contributed by atoms with van der Waals surface area (Å²) >= 11 is 0. The molecule has 5 atom stereocenters. The number of imidazole rings is 1. The van der Waals surface area contributed by atoms with E-state index in [0.717, 1.165) is 0 Å². The van der Waals surface area contributed by atoms with Gasteiger partial charge in [-0.05, 0) is 5.92 Å². The van der Waals surface area contributed by atoms with Crippen molar-refractivity contribution in [2.75, 3.05) is 12.3 Å². The molecule has 8 heteroatoms. The van der Waals surface area contributed by atoms with Gasteiger partial charge in [0, 0.05) is 18.7 Å². The Kier molecular flexibility index (Phi) is 4.31. The predicted molar refractivity (Wildman–Crippen MR) is 78.4 cm³/mol. The van der Waals surface area contributed by atoms with Crippen molar-refractivity contribution < 1.29 is 15.3 Å². The monoisotopic (exact) mass is 295 g/mol. The summed E-state index contributed by atoms with van der Waals surface area (Å²) in [5.41, 5.74) is 12.1. The first kappa shape index (κ1) is 15.5. The van der Waals surface area contributed by atoms with Gasteiger partial charge in [-0.1, -0.05) is 13.5 Å². The van der Waals surface area contributed by atoms with Gasteiger partial charge >= 0.3 is 0 Å². The van der Waals surface area contributed by atoms with E-state index in [9.17, 15) is 15.3 Å². The molecule has 0 saturated heterocycles. The van der Waals surface area contributed by atoms with E-state index in [4.69, 9.17) is 11.5 Å². The molecule has 1 unspecified atom stereocenters. The van der Waals surface area contributed by atoms with Gasteiger partial charge in [0.25, 0.3) is 0 Å². The average Bonchev–Trinajstić information content (AvgIpc) is 2.90. The Balaban J connectivity index is 2.39. The molecule has 1 aromatic heterocycles. The van der Waals surface area contributed by atoms with E-state index in [-0.39, 0.29) is 24.2 Å². The van der Waals surface area contributed by atoms with Crippen molar-refractivity contribution in [3.05, 3.63) is 24.8 Å². The van der Waals surface area contributed by atoms with Crippen LogP contribution in [-0.4, -0.2) is 49.5 Å². The van der Waals surface area contributed by atoms with Crippen molar-refractivity contribution in [3.8, 4) is 0 Å². The Hall–Kier alpha value is -1.90. The van der Waals surface area contributed by atoms with E-state index < -0.39 is 24.2 Å². The number of nitrogens with two attached hydrogens (primary N) is 2. The lowest BCUT2D eigenvalue weighted by molar-refractivity contribution is -0.00447. The maximum atomic E-state index is 10.2. The van der Waals surface area contributed by atoms with Gasteiger partial charge in [0.15, 0.2) is 5.84 Å². The molecule has 0 aromatic carbocycles. The van der Waals surface area contributed by atoms with Gasteiger partial charge in [0.05, 0.1) is 18.5 Å². The van der Waals surface area contributed by atoms with Crippen LogP contribution >= 0.6 is 0 Å². The minimum atomic E-state index is -1.04. The van der Waals surface area contributed by atoms with Crippen molar-refractivity contribution in [2.45, 2.75) is 25.2 Å². The van der Waals surface area contributed by atoms with Gasteiger partial charge < -0.3 is 31.4 Å². The first-order valence-electron chi connectivity index (χ1n) is 6.67. The average molecular weight is 295 g/mol. The van der Waals surface area contributed by atoms with Crippen molar-refractivity contribution in [1.82, 2.24) is 9.55 Å². The van der Waals surface area contributed by atoms with Crippen LogP contribution in [0.4, 0.5) is 5.82 Å². The van der Waals surface area contributed by atoms with Crippen LogP contribution in [0.3, 0.4) is 0 Å². The van der Waals surface area contributed by atoms with Gasteiger partial charge in [-0.15, -0.1) is 0 Å². The predicted octanol–water partition coefficient (Wildman–Crippen LogP) is -1.16. The number of amidine groups is 1. The lowest BCUT2D eigenvalue weighted by Crippen LogP contribution is -2.30. The van der Waals surface area contributed by atoms with E-state index in [1.54, 1.807) is 4.57 Å². The first-order valence-corrected chi connectivity index (χ1v) is 6.67. The van der Waals surface area contributed by atoms with Gasteiger partial charge in [-0.2, -0.15) is 0 Å². The number of aliphatic imine (C=N–C) groups is 1. The Morgan fingerprint density at radius 1 is 1.52 bits per heavy atom. The summed E-state index contributed by atoms with van der Waals surface area (Å²) in [6.07, 6.45) is 0.679. The summed E-state index contributed by atoms with van der Waals surface area (Å²) in [7, 11) is 0. The molecule has 116 valence electrons. The lowest BCUT2D eigenvalue weighted by atomic mass is 9.95. The van der Waals surface area contributed by atoms with Gasteiger partial charge in [-0.3, -0.25) is 0 Å². The zero-order valence-electron chi connectivity index (χ0n) is 11.8. The SMILES string of the molecule is C=C/N=C(/N)c1ncn([C@@H]2[C@H](C)[C@H](CO)C(O)[C@@H]2O)c1N. The Morgan fingerprint density at radius 3 is 2.71 bits per heavy atom. The second-order valence-electron chi connectivity index (χ2n) is 5.26. The van der Waals surface area contributed by atoms with Crippen LogP contribution in [-0.2, 0) is 0 Å². The zero-order valence-corrected chi connectivity index (χ0v) is 11.8. The third kappa shape index (κ3) is 2.41. The molecule has 1 aliphatic carbocycles. The number of anilines is 1. The molecule has 0 radical (unpaired) electrons. The summed E-state index contributed by atoms with van der Waals surface area (Å²) in [6.45, 7) is 5.08. The van der Waals surface area contributed by atoms with E-state index >= 15 is 0 Å². The molecular weight excluding hydrogens is 274 g/mol. The van der Waals surface area contributed by atoms with E-state index in [1.807, 2.05) is 6.92 Å². The largest absolute Gasteiger partial charge is 0.396 e. The van der Waals surface area contributed by atoms with E-state index in [2.05, 4.69) is 16.6 Å². The van der Waals surface area contributed by atoms with Crippen LogP contribution in [0.15, 0.2) is 24.1 Å². The molecule has 1 fully saturated rings. The Labute approximate surface area is 122 Å². The zero-order chi connectivity index (χ0) is 15.7. The van der Waals surface area contributed by atoms with Gasteiger partial charge in [-0.25, -0.2) is 9.98 Å². The molecule has 1 aromatic rings. The molecule has 21 heavy (non-hydrogen) atoms. The highest BCUT2D eigenvalue weighted by molar-refractivity contribution is 5.99. The quantitative estimate of drug-likeness (QED) is 0.350. The second-order valence-corrected chi connectivity index (χ2v) is 5.26. The molecule has 0 spiro atoms. The molecule has 2 rings (SSSR count). The Bertz CT molecular complexity index is 556. The normalized spacial score (nSPS) is 33.3. The standard InChI is InChI=1S/C13H21N5O3/c1-3-16-12(14)8-13(15)18(5-17-8)9-6(2)7(4-19)10(20)11(9)21/h3,5-7,9-11,19-21H,1,4,15H2,2H3,(H2,14,16)/t6-,7+,9-,10?,11-/m1/s1. The summed E-state index contributed by atoms with van der Waals surface area (Å²) in [4.78, 5) is 7.93. The summed E-state index contributed by atoms with van der Waals surface area (Å²) in [6, 6.07) is -0.491. The Morgan fingerprint density at radius 2 is 2.19 bits per heavy atom. The topological polar surface area (TPSA) is 143 Å². The highest BCUT2D eigenvalue weighted by atomic mass is 16.3. The smallest absolute Gasteiger partial charge is 0.153 e. The highest BCUT2D eigenvalue weighted by Gasteiger charge is 2.48. The van der Waals surface area contributed by atoms with Crippen LogP contribution in [0, 0.1) is 11.8 Å². The van der Waals surface area contributed by atoms with Crippen LogP contribution in [0.5, 0.6) is 0 Å². The van der Waals surface area contributed by atoms with Crippen molar-refractivity contribution in [1.29, 1.82) is 0 Å². The third-order valence-corrected chi connectivity index (χ3v) is 4.19. The van der Waals surface area contributed by atoms with Crippen molar-refractivity contribution in [3.63, 3.8) is 0 Å². The molecule has 7 N–H and O–H groups in total. The number of hydrogen-bond acceptors (Lipinski definition) is 6. The van der Waals surface area contributed by atoms with E-state index in [0.29, 0.717) is 5.69 Å². The van der Waals surface area contributed by atoms with Gasteiger partial charge in [0.2, 0.25) is 0 Å². The number of aliphatic hydroxyl groups is 3. The lowest BCUT2D eigenvalue weighted by Gasteiger charge is -2.23. The molecule has 1 aliphatic rings. The first-order chi connectivity index (χ1) is 9.93. The number of rotatable bonds is 4. The number of nitrogens with zero attached hydrogens (tertiary/aromatic N) is 3. The second kappa shape index (κ2) is 5.84. The molecular formula is C13H21N5O3. The minimum absolute atomic E-state index is 0.126. The third-order valence-electron chi connectivity index (χ3n) is 4.19. The maximum absolute atomic E-state index is 10.2. The summed E-state index contributed by atoms with van der Waals surface area (Å²) in [5, 5.41) is 29.6. The van der Waals surface area contributed by atoms with Crippen LogP contribution in [0.1, 0.15) is 18.7 Å².